The number of hydrogen-bond donors (Lipinski definition) is 4. The van der Waals surface area contributed by atoms with E-state index in [2.05, 4.69) is 27.0 Å². The molecule has 1 aliphatic carbocycles. The molecule has 2 atom stereocenters. The number of aliphatic hydroxyl groups excluding tert-OH is 1. The molecule has 1 aliphatic heterocycles. The number of aromatic nitrogens is 1. The van der Waals surface area contributed by atoms with Crippen LogP contribution in [0.25, 0.3) is 10.9 Å². The highest BCUT2D eigenvalue weighted by Gasteiger charge is 2.29. The number of piperazine rings is 1. The number of aromatic amines is 1. The van der Waals surface area contributed by atoms with Crippen LogP contribution in [0.2, 0.25) is 0 Å². The zero-order valence-corrected chi connectivity index (χ0v) is 40.3. The number of sulfone groups is 1. The SMILES string of the molecule is Cc1cc(NC(=O)CCOc2cccc(S(=O)(=O)c3ccc([C@H](C)N4CCN(C5CCCCC5)CC4)cc3)c2)cc(C)c1CN(C[C@H](O)c1ccc(O)c2[nH]c(=O)ccc12)C(=O)OC(C)(C)C. The van der Waals surface area contributed by atoms with Gasteiger partial charge in [0.2, 0.25) is 21.3 Å². The second-order valence-corrected chi connectivity index (χ2v) is 20.9. The Labute approximate surface area is 393 Å². The van der Waals surface area contributed by atoms with E-state index in [0.717, 1.165) is 54.5 Å². The zero-order chi connectivity index (χ0) is 48.0. The number of aliphatic hydroxyl groups is 1. The van der Waals surface area contributed by atoms with Crippen LogP contribution in [0.5, 0.6) is 11.5 Å². The number of aromatic hydroxyl groups is 1. The molecule has 4 aromatic carbocycles. The molecule has 67 heavy (non-hydrogen) atoms. The van der Waals surface area contributed by atoms with Crippen LogP contribution in [0, 0.1) is 13.8 Å². The summed E-state index contributed by atoms with van der Waals surface area (Å²) >= 11 is 0. The fraction of sp³-hybridized carbons (Fsp3) is 0.442. The van der Waals surface area contributed by atoms with Gasteiger partial charge < -0.3 is 34.9 Å². The number of fused-ring (bicyclic) bond motifs is 1. The van der Waals surface area contributed by atoms with Crippen LogP contribution in [0.15, 0.2) is 99.5 Å². The van der Waals surface area contributed by atoms with E-state index in [9.17, 15) is 33.0 Å². The lowest BCUT2D eigenvalue weighted by atomic mass is 9.93. The van der Waals surface area contributed by atoms with Crippen LogP contribution in [-0.2, 0) is 25.9 Å². The summed E-state index contributed by atoms with van der Waals surface area (Å²) in [5.74, 6) is -0.125. The van der Waals surface area contributed by atoms with Gasteiger partial charge in [0.1, 0.15) is 17.1 Å². The van der Waals surface area contributed by atoms with Gasteiger partial charge >= 0.3 is 6.09 Å². The van der Waals surface area contributed by atoms with Crippen LogP contribution in [0.3, 0.4) is 0 Å². The average molecular weight is 936 g/mol. The van der Waals surface area contributed by atoms with Crippen molar-refractivity contribution in [3.05, 3.63) is 123 Å². The van der Waals surface area contributed by atoms with Crippen molar-refractivity contribution >= 4 is 38.4 Å². The van der Waals surface area contributed by atoms with Crippen molar-refractivity contribution < 1.29 is 37.7 Å². The Morgan fingerprint density at radius 1 is 0.896 bits per heavy atom. The van der Waals surface area contributed by atoms with Gasteiger partial charge in [0.25, 0.3) is 0 Å². The summed E-state index contributed by atoms with van der Waals surface area (Å²) in [6.45, 7) is 15.3. The minimum atomic E-state index is -3.83. The first-order valence-corrected chi connectivity index (χ1v) is 24.8. The van der Waals surface area contributed by atoms with E-state index in [4.69, 9.17) is 9.47 Å². The molecular formula is C52H65N5O9S. The molecule has 1 aromatic heterocycles. The van der Waals surface area contributed by atoms with E-state index in [1.54, 1.807) is 69.3 Å². The van der Waals surface area contributed by atoms with Crippen molar-refractivity contribution in [3.8, 4) is 11.5 Å². The molecule has 7 rings (SSSR count). The summed E-state index contributed by atoms with van der Waals surface area (Å²) in [6.07, 6.45) is 4.79. The molecule has 1 saturated carbocycles. The molecule has 0 bridgehead atoms. The largest absolute Gasteiger partial charge is 0.506 e. The molecule has 15 heteroatoms. The summed E-state index contributed by atoms with van der Waals surface area (Å²) in [5, 5.41) is 25.2. The molecule has 2 amide bonds. The normalized spacial score (nSPS) is 16.3. The summed E-state index contributed by atoms with van der Waals surface area (Å²) in [5.41, 5.74) is 3.35. The number of H-pyrrole nitrogens is 1. The van der Waals surface area contributed by atoms with Gasteiger partial charge in [-0.25, -0.2) is 13.2 Å². The molecule has 0 spiro atoms. The highest BCUT2D eigenvalue weighted by atomic mass is 32.2. The molecule has 1 saturated heterocycles. The van der Waals surface area contributed by atoms with Crippen molar-refractivity contribution in [2.45, 2.75) is 120 Å². The summed E-state index contributed by atoms with van der Waals surface area (Å²) in [7, 11) is -3.83. The minimum absolute atomic E-state index is 0.00373. The topological polar surface area (TPSA) is 182 Å². The van der Waals surface area contributed by atoms with Gasteiger partial charge in [-0.1, -0.05) is 43.5 Å². The predicted molar refractivity (Wildman–Crippen MR) is 259 cm³/mol. The number of nitrogens with one attached hydrogen (secondary N) is 2. The smallest absolute Gasteiger partial charge is 0.410 e. The van der Waals surface area contributed by atoms with E-state index in [1.165, 1.54) is 61.3 Å². The van der Waals surface area contributed by atoms with Crippen molar-refractivity contribution in [3.63, 3.8) is 0 Å². The molecule has 5 aromatic rings. The number of phenols is 1. The minimum Gasteiger partial charge on any atom is -0.506 e. The van der Waals surface area contributed by atoms with E-state index in [1.807, 2.05) is 26.0 Å². The number of amides is 2. The Hall–Kier alpha value is -5.74. The van der Waals surface area contributed by atoms with Gasteiger partial charge in [-0.3, -0.25) is 19.4 Å². The number of hydrogen-bond acceptors (Lipinski definition) is 11. The van der Waals surface area contributed by atoms with Gasteiger partial charge in [-0.15, -0.1) is 0 Å². The molecule has 0 radical (unpaired) electrons. The fourth-order valence-corrected chi connectivity index (χ4v) is 10.6. The van der Waals surface area contributed by atoms with E-state index in [0.29, 0.717) is 22.4 Å². The summed E-state index contributed by atoms with van der Waals surface area (Å²) < 4.78 is 39.1. The number of rotatable bonds is 15. The van der Waals surface area contributed by atoms with E-state index >= 15 is 0 Å². The fourth-order valence-electron chi connectivity index (χ4n) is 9.32. The summed E-state index contributed by atoms with van der Waals surface area (Å²) in [6, 6.07) is 23.8. The lowest BCUT2D eigenvalue weighted by Crippen LogP contribution is -2.51. The highest BCUT2D eigenvalue weighted by molar-refractivity contribution is 7.91. The van der Waals surface area contributed by atoms with E-state index < -0.39 is 33.2 Å². The van der Waals surface area contributed by atoms with Crippen LogP contribution >= 0.6 is 0 Å². The Morgan fingerprint density at radius 3 is 2.25 bits per heavy atom. The second-order valence-electron chi connectivity index (χ2n) is 19.0. The molecule has 14 nitrogen and oxygen atoms in total. The number of benzene rings is 4. The summed E-state index contributed by atoms with van der Waals surface area (Å²) in [4.78, 5) is 48.2. The third-order valence-electron chi connectivity index (χ3n) is 13.0. The molecule has 4 N–H and O–H groups in total. The first kappa shape index (κ1) is 49.2. The maximum Gasteiger partial charge on any atom is 0.410 e. The molecular weight excluding hydrogens is 871 g/mol. The first-order valence-electron chi connectivity index (χ1n) is 23.3. The zero-order valence-electron chi connectivity index (χ0n) is 39.5. The van der Waals surface area contributed by atoms with Crippen LogP contribution in [0.4, 0.5) is 10.5 Å². The Kier molecular flexibility index (Phi) is 15.5. The Morgan fingerprint density at radius 2 is 1.58 bits per heavy atom. The van der Waals surface area contributed by atoms with Gasteiger partial charge in [0.05, 0.1) is 41.0 Å². The molecule has 2 heterocycles. The molecule has 2 aliphatic rings. The lowest BCUT2D eigenvalue weighted by Gasteiger charge is -2.42. The molecule has 2 fully saturated rings. The van der Waals surface area contributed by atoms with Gasteiger partial charge in [-0.05, 0) is 137 Å². The number of ether oxygens (including phenoxy) is 2. The third kappa shape index (κ3) is 12.2. The third-order valence-corrected chi connectivity index (χ3v) is 14.8. The van der Waals surface area contributed by atoms with E-state index in [-0.39, 0.29) is 59.1 Å². The average Bonchev–Trinajstić information content (AvgIpc) is 3.29. The monoisotopic (exact) mass is 935 g/mol. The van der Waals surface area contributed by atoms with Gasteiger partial charge in [0.15, 0.2) is 0 Å². The van der Waals surface area contributed by atoms with Crippen LogP contribution in [0.1, 0.15) is 106 Å². The number of carbonyl (C=O) groups excluding carboxylic acids is 2. The van der Waals surface area contributed by atoms with Crippen molar-refractivity contribution in [2.24, 2.45) is 0 Å². The number of pyridine rings is 1. The Balaban J connectivity index is 0.936. The highest BCUT2D eigenvalue weighted by Crippen LogP contribution is 2.32. The molecule has 358 valence electrons. The quantitative estimate of drug-likeness (QED) is 0.0790. The van der Waals surface area contributed by atoms with Crippen molar-refractivity contribution in [1.82, 2.24) is 19.7 Å². The second kappa shape index (κ2) is 21.1. The first-order chi connectivity index (χ1) is 31.9. The number of phenolic OH excluding ortho intramolecular Hbond substituents is 1. The predicted octanol–water partition coefficient (Wildman–Crippen LogP) is 8.57. The van der Waals surface area contributed by atoms with Gasteiger partial charge in [-0.2, -0.15) is 0 Å². The van der Waals surface area contributed by atoms with Crippen LogP contribution < -0.4 is 15.6 Å². The lowest BCUT2D eigenvalue weighted by molar-refractivity contribution is -0.116. The maximum absolute atomic E-state index is 13.7. The van der Waals surface area contributed by atoms with Crippen molar-refractivity contribution in [1.29, 1.82) is 0 Å². The number of carbonyl (C=O) groups is 2. The number of nitrogens with zero attached hydrogens (tertiary/aromatic N) is 3. The number of anilines is 1. The maximum atomic E-state index is 13.7. The Bertz CT molecular complexity index is 2700. The standard InChI is InChI=1S/C52H65N5O9S/c1-34-29-38(30-35(2)45(34)32-57(51(62)66-52(4,5)6)33-47(59)43-19-21-46(58)50-44(43)20-22-48(60)54-50)53-49(61)23-28-65-40-13-10-14-42(31-40)67(63,64)41-17-15-37(16-18-41)36(3)55-24-26-56(27-25-55)39-11-8-7-9-12-39/h10,13-22,29-31,36,39,47,58-59H,7-9,11-12,23-28,32-33H2,1-6H3,(H,53,61)(H,54,60)/t36-,47-/m0/s1. The molecule has 0 unspecified atom stereocenters. The van der Waals surface area contributed by atoms with Crippen molar-refractivity contribution in [2.75, 3.05) is 44.6 Å². The van der Waals surface area contributed by atoms with Crippen LogP contribution in [-0.4, -0.2) is 101 Å². The number of aryl methyl sites for hydroxylation is 2. The van der Waals surface area contributed by atoms with Gasteiger partial charge in [0, 0.05) is 61.9 Å².